The molecule has 0 fully saturated rings. The van der Waals surface area contributed by atoms with Gasteiger partial charge in [-0.1, -0.05) is 107 Å². The second kappa shape index (κ2) is 18.3. The third-order valence-electron chi connectivity index (χ3n) is 3.75. The first-order valence-electron chi connectivity index (χ1n) is 9.47. The highest BCUT2D eigenvalue weighted by Gasteiger charge is 1.99. The fourth-order valence-corrected chi connectivity index (χ4v) is 2.29. The number of carboxylic acid groups (broad SMARTS) is 1. The van der Waals surface area contributed by atoms with Crippen molar-refractivity contribution in [2.45, 2.75) is 71.1 Å². The maximum atomic E-state index is 10.3. The first kappa shape index (κ1) is 23.0. The average molecular weight is 347 g/mol. The van der Waals surface area contributed by atoms with Crippen molar-refractivity contribution in [1.29, 1.82) is 0 Å². The van der Waals surface area contributed by atoms with Crippen LogP contribution < -0.4 is 0 Å². The van der Waals surface area contributed by atoms with Gasteiger partial charge in [-0.25, -0.2) is 4.79 Å². The Morgan fingerprint density at radius 3 is 1.72 bits per heavy atom. The molecule has 0 aromatic heterocycles. The van der Waals surface area contributed by atoms with Crippen LogP contribution in [0.25, 0.3) is 0 Å². The minimum absolute atomic E-state index is 0.667. The molecule has 0 amide bonds. The highest BCUT2D eigenvalue weighted by molar-refractivity contribution is 5.83. The van der Waals surface area contributed by atoms with Crippen LogP contribution >= 0.6 is 0 Å². The van der Waals surface area contributed by atoms with E-state index in [4.69, 9.17) is 10.2 Å². The number of rotatable bonds is 15. The number of aliphatic hydroxyl groups is 1. The van der Waals surface area contributed by atoms with Gasteiger partial charge in [0.15, 0.2) is 0 Å². The van der Waals surface area contributed by atoms with Crippen LogP contribution in [-0.2, 0) is 4.79 Å². The van der Waals surface area contributed by atoms with Crippen molar-refractivity contribution in [1.82, 2.24) is 0 Å². The summed E-state index contributed by atoms with van der Waals surface area (Å²) in [6, 6.07) is 0. The Hall–Kier alpha value is -2.03. The Balaban J connectivity index is 3.54. The van der Waals surface area contributed by atoms with Crippen LogP contribution in [0.1, 0.15) is 71.1 Å². The molecular weight excluding hydrogens is 312 g/mol. The SMILES string of the molecule is CCCCCCCCCCCC=CC=CC=CC=CC=C(O)C(=O)O. The molecule has 0 spiro atoms. The van der Waals surface area contributed by atoms with Gasteiger partial charge in [-0.15, -0.1) is 0 Å². The summed E-state index contributed by atoms with van der Waals surface area (Å²) >= 11 is 0. The average Bonchev–Trinajstić information content (AvgIpc) is 2.60. The largest absolute Gasteiger partial charge is 0.502 e. The topological polar surface area (TPSA) is 57.5 Å². The molecule has 0 aromatic rings. The van der Waals surface area contributed by atoms with E-state index in [1.165, 1.54) is 63.9 Å². The van der Waals surface area contributed by atoms with Crippen LogP contribution in [0.4, 0.5) is 0 Å². The van der Waals surface area contributed by atoms with E-state index in [9.17, 15) is 4.79 Å². The summed E-state index contributed by atoms with van der Waals surface area (Å²) < 4.78 is 0. The van der Waals surface area contributed by atoms with Gasteiger partial charge in [0.2, 0.25) is 5.76 Å². The molecule has 0 aromatic carbocycles. The maximum absolute atomic E-state index is 10.3. The van der Waals surface area contributed by atoms with Gasteiger partial charge in [0, 0.05) is 0 Å². The second-order valence-electron chi connectivity index (χ2n) is 6.06. The lowest BCUT2D eigenvalue weighted by atomic mass is 10.1. The van der Waals surface area contributed by atoms with Crippen molar-refractivity contribution < 1.29 is 15.0 Å². The zero-order valence-corrected chi connectivity index (χ0v) is 15.6. The predicted octanol–water partition coefficient (Wildman–Crippen LogP) is 6.66. The van der Waals surface area contributed by atoms with Crippen molar-refractivity contribution in [2.75, 3.05) is 0 Å². The molecule has 0 aliphatic carbocycles. The van der Waals surface area contributed by atoms with Crippen LogP contribution in [0.5, 0.6) is 0 Å². The molecule has 3 nitrogen and oxygen atoms in total. The van der Waals surface area contributed by atoms with Gasteiger partial charge in [0.05, 0.1) is 0 Å². The van der Waals surface area contributed by atoms with Crippen molar-refractivity contribution >= 4 is 5.97 Å². The zero-order valence-electron chi connectivity index (χ0n) is 15.6. The normalized spacial score (nSPS) is 13.1. The molecule has 0 rings (SSSR count). The van der Waals surface area contributed by atoms with Gasteiger partial charge in [-0.05, 0) is 18.9 Å². The molecule has 0 atom stereocenters. The summed E-state index contributed by atoms with van der Waals surface area (Å²) in [6.07, 6.45) is 29.4. The molecule has 0 radical (unpaired) electrons. The van der Waals surface area contributed by atoms with E-state index in [1.807, 2.05) is 18.2 Å². The summed E-state index contributed by atoms with van der Waals surface area (Å²) in [4.78, 5) is 10.3. The summed E-state index contributed by atoms with van der Waals surface area (Å²) in [5.41, 5.74) is 0. The Morgan fingerprint density at radius 1 is 0.680 bits per heavy atom. The van der Waals surface area contributed by atoms with Crippen LogP contribution in [-0.4, -0.2) is 16.2 Å². The van der Waals surface area contributed by atoms with Gasteiger partial charge >= 0.3 is 5.97 Å². The number of carboxylic acids is 1. The molecule has 0 bridgehead atoms. The Morgan fingerprint density at radius 2 is 1.16 bits per heavy atom. The molecule has 0 aliphatic heterocycles. The number of unbranched alkanes of at least 4 members (excludes halogenated alkanes) is 9. The zero-order chi connectivity index (χ0) is 18.6. The molecule has 3 heteroatoms. The molecule has 2 N–H and O–H groups in total. The van der Waals surface area contributed by atoms with Crippen LogP contribution in [0.3, 0.4) is 0 Å². The smallest absolute Gasteiger partial charge is 0.370 e. The van der Waals surface area contributed by atoms with Gasteiger partial charge in [0.25, 0.3) is 0 Å². The van der Waals surface area contributed by atoms with E-state index < -0.39 is 11.7 Å². The third-order valence-corrected chi connectivity index (χ3v) is 3.75. The highest BCUT2D eigenvalue weighted by atomic mass is 16.4. The first-order chi connectivity index (χ1) is 12.2. The minimum Gasteiger partial charge on any atom is -0.502 e. The van der Waals surface area contributed by atoms with E-state index >= 15 is 0 Å². The summed E-state index contributed by atoms with van der Waals surface area (Å²) in [5, 5.41) is 17.4. The van der Waals surface area contributed by atoms with Crippen LogP contribution in [0.2, 0.25) is 0 Å². The van der Waals surface area contributed by atoms with Crippen molar-refractivity contribution in [3.05, 3.63) is 60.4 Å². The lowest BCUT2D eigenvalue weighted by Gasteiger charge is -2.00. The number of carbonyl (C=O) groups is 1. The quantitative estimate of drug-likeness (QED) is 0.151. The first-order valence-corrected chi connectivity index (χ1v) is 9.47. The van der Waals surface area contributed by atoms with Gasteiger partial charge in [-0.2, -0.15) is 0 Å². The lowest BCUT2D eigenvalue weighted by molar-refractivity contribution is -0.135. The van der Waals surface area contributed by atoms with E-state index in [2.05, 4.69) is 19.1 Å². The fourth-order valence-electron chi connectivity index (χ4n) is 2.29. The number of hydrogen-bond acceptors (Lipinski definition) is 2. The standard InChI is InChI=1S/C22H34O3/c1-2-3-4-5-6-7-8-9-10-11-12-13-14-15-16-17-18-19-20-21(23)22(24)25/h12-20,23H,2-11H2,1H3,(H,24,25). The molecule has 0 heterocycles. The summed E-state index contributed by atoms with van der Waals surface area (Å²) in [5.74, 6) is -2.00. The lowest BCUT2D eigenvalue weighted by Crippen LogP contribution is -1.97. The molecule has 0 saturated heterocycles. The summed E-state index contributed by atoms with van der Waals surface area (Å²) in [6.45, 7) is 2.26. The van der Waals surface area contributed by atoms with Crippen molar-refractivity contribution in [3.63, 3.8) is 0 Å². The van der Waals surface area contributed by atoms with E-state index in [1.54, 1.807) is 12.2 Å². The van der Waals surface area contributed by atoms with Crippen molar-refractivity contribution in [2.24, 2.45) is 0 Å². The van der Waals surface area contributed by atoms with Gasteiger partial charge < -0.3 is 10.2 Å². The molecule has 140 valence electrons. The molecule has 25 heavy (non-hydrogen) atoms. The van der Waals surface area contributed by atoms with Crippen molar-refractivity contribution in [3.8, 4) is 0 Å². The molecule has 0 aliphatic rings. The second-order valence-corrected chi connectivity index (χ2v) is 6.06. The van der Waals surface area contributed by atoms with E-state index in [0.717, 1.165) is 12.5 Å². The number of aliphatic carboxylic acids is 1. The van der Waals surface area contributed by atoms with E-state index in [-0.39, 0.29) is 0 Å². The molecular formula is C22H34O3. The summed E-state index contributed by atoms with van der Waals surface area (Å²) in [7, 11) is 0. The van der Waals surface area contributed by atoms with Gasteiger partial charge in [-0.3, -0.25) is 0 Å². The maximum Gasteiger partial charge on any atom is 0.370 e. The third kappa shape index (κ3) is 18.2. The van der Waals surface area contributed by atoms with Crippen LogP contribution in [0, 0.1) is 0 Å². The van der Waals surface area contributed by atoms with Crippen LogP contribution in [0.15, 0.2) is 60.4 Å². The fraction of sp³-hybridized carbons (Fsp3) is 0.500. The number of hydrogen-bond donors (Lipinski definition) is 2. The predicted molar refractivity (Wildman–Crippen MR) is 107 cm³/mol. The Labute approximate surface area is 153 Å². The number of aliphatic hydroxyl groups excluding tert-OH is 1. The number of allylic oxidation sites excluding steroid dienone is 9. The molecule has 0 saturated carbocycles. The Bertz CT molecular complexity index is 468. The monoisotopic (exact) mass is 346 g/mol. The highest BCUT2D eigenvalue weighted by Crippen LogP contribution is 2.10. The Kier molecular flexibility index (Phi) is 16.8. The van der Waals surface area contributed by atoms with E-state index in [0.29, 0.717) is 0 Å². The molecule has 0 unspecified atom stereocenters. The minimum atomic E-state index is -1.33. The van der Waals surface area contributed by atoms with Gasteiger partial charge in [0.1, 0.15) is 0 Å².